The number of rotatable bonds is 3. The lowest BCUT2D eigenvalue weighted by molar-refractivity contribution is 0.717. The summed E-state index contributed by atoms with van der Waals surface area (Å²) in [5.74, 6) is 0. The summed E-state index contributed by atoms with van der Waals surface area (Å²) >= 11 is 1.50. The maximum atomic E-state index is 4.13. The van der Waals surface area contributed by atoms with Crippen molar-refractivity contribution in [1.82, 2.24) is 9.69 Å². The summed E-state index contributed by atoms with van der Waals surface area (Å²) in [5.41, 5.74) is 1.14. The lowest BCUT2D eigenvalue weighted by Gasteiger charge is -1.93. The Labute approximate surface area is 59.1 Å². The van der Waals surface area contributed by atoms with Crippen molar-refractivity contribution >= 4 is 11.5 Å². The number of hydrogen-bond donors (Lipinski definition) is 1. The van der Waals surface area contributed by atoms with Gasteiger partial charge in [-0.2, -0.15) is 4.37 Å². The lowest BCUT2D eigenvalue weighted by atomic mass is 10.4. The minimum Gasteiger partial charge on any atom is -0.311 e. The average molecular weight is 142 g/mol. The van der Waals surface area contributed by atoms with Gasteiger partial charge >= 0.3 is 0 Å². The van der Waals surface area contributed by atoms with Crippen molar-refractivity contribution in [2.24, 2.45) is 0 Å². The highest BCUT2D eigenvalue weighted by molar-refractivity contribution is 7.03. The maximum Gasteiger partial charge on any atom is 0.0680 e. The van der Waals surface area contributed by atoms with Gasteiger partial charge in [0, 0.05) is 11.9 Å². The van der Waals surface area contributed by atoms with Crippen molar-refractivity contribution < 1.29 is 0 Å². The molecule has 0 saturated heterocycles. The van der Waals surface area contributed by atoms with Gasteiger partial charge in [-0.1, -0.05) is 6.92 Å². The zero-order valence-electron chi connectivity index (χ0n) is 5.42. The molecule has 0 bridgehead atoms. The van der Waals surface area contributed by atoms with Gasteiger partial charge in [-0.3, -0.25) is 0 Å². The third-order valence-electron chi connectivity index (χ3n) is 1.05. The minimum absolute atomic E-state index is 0.903. The highest BCUT2D eigenvalue weighted by Crippen LogP contribution is 1.97. The van der Waals surface area contributed by atoms with Crippen molar-refractivity contribution in [1.29, 1.82) is 0 Å². The first kappa shape index (κ1) is 6.71. The van der Waals surface area contributed by atoms with E-state index in [9.17, 15) is 0 Å². The molecule has 9 heavy (non-hydrogen) atoms. The Morgan fingerprint density at radius 2 is 2.67 bits per heavy atom. The summed E-state index contributed by atoms with van der Waals surface area (Å²) in [4.78, 5) is 0. The van der Waals surface area contributed by atoms with Crippen LogP contribution in [-0.4, -0.2) is 10.9 Å². The summed E-state index contributed by atoms with van der Waals surface area (Å²) in [7, 11) is 0. The molecule has 0 spiro atoms. The zero-order valence-corrected chi connectivity index (χ0v) is 6.24. The Hall–Kier alpha value is -0.410. The molecule has 1 aromatic rings. The molecule has 0 radical (unpaired) electrons. The molecule has 2 nitrogen and oxygen atoms in total. The number of aromatic nitrogens is 1. The predicted molar refractivity (Wildman–Crippen MR) is 39.5 cm³/mol. The monoisotopic (exact) mass is 142 g/mol. The van der Waals surface area contributed by atoms with Crippen LogP contribution in [0, 0.1) is 0 Å². The van der Waals surface area contributed by atoms with Gasteiger partial charge in [0.05, 0.1) is 5.69 Å². The van der Waals surface area contributed by atoms with Crippen molar-refractivity contribution in [3.05, 3.63) is 17.1 Å². The second kappa shape index (κ2) is 3.58. The van der Waals surface area contributed by atoms with Crippen LogP contribution in [0.3, 0.4) is 0 Å². The van der Waals surface area contributed by atoms with Crippen LogP contribution in [0.15, 0.2) is 11.4 Å². The van der Waals surface area contributed by atoms with Crippen molar-refractivity contribution in [2.45, 2.75) is 13.5 Å². The Kier molecular flexibility index (Phi) is 2.67. The molecule has 0 saturated carbocycles. The van der Waals surface area contributed by atoms with Crippen molar-refractivity contribution in [3.8, 4) is 0 Å². The third kappa shape index (κ3) is 2.11. The molecule has 0 aliphatic heterocycles. The van der Waals surface area contributed by atoms with Crippen LogP contribution >= 0.6 is 11.5 Å². The average Bonchev–Trinajstić information content (AvgIpc) is 2.34. The Morgan fingerprint density at radius 1 is 1.78 bits per heavy atom. The standard InChI is InChI=1S/C6H10N2S/c1-2-7-5-6-3-4-9-8-6/h3-4,7H,2,5H2,1H3. The Balaban J connectivity index is 2.30. The van der Waals surface area contributed by atoms with Crippen LogP contribution < -0.4 is 5.32 Å². The molecule has 0 atom stereocenters. The molecule has 1 heterocycles. The van der Waals surface area contributed by atoms with Crippen molar-refractivity contribution in [3.63, 3.8) is 0 Å². The molecule has 0 fully saturated rings. The first-order valence-corrected chi connectivity index (χ1v) is 3.87. The van der Waals surface area contributed by atoms with E-state index in [0.29, 0.717) is 0 Å². The summed E-state index contributed by atoms with van der Waals surface area (Å²) in [5, 5.41) is 5.19. The molecule has 1 N–H and O–H groups in total. The van der Waals surface area contributed by atoms with E-state index in [-0.39, 0.29) is 0 Å². The number of nitrogens with one attached hydrogen (secondary N) is 1. The fourth-order valence-electron chi connectivity index (χ4n) is 0.582. The smallest absolute Gasteiger partial charge is 0.0680 e. The Morgan fingerprint density at radius 3 is 3.22 bits per heavy atom. The van der Waals surface area contributed by atoms with Crippen LogP contribution in [0.2, 0.25) is 0 Å². The SMILES string of the molecule is CCNCc1ccsn1. The van der Waals surface area contributed by atoms with Gasteiger partial charge in [-0.05, 0) is 24.1 Å². The number of hydrogen-bond acceptors (Lipinski definition) is 3. The fraction of sp³-hybridized carbons (Fsp3) is 0.500. The van der Waals surface area contributed by atoms with Crippen LogP contribution in [0.5, 0.6) is 0 Å². The first-order valence-electron chi connectivity index (χ1n) is 3.03. The van der Waals surface area contributed by atoms with Gasteiger partial charge in [0.1, 0.15) is 0 Å². The zero-order chi connectivity index (χ0) is 6.53. The molecule has 50 valence electrons. The molecular weight excluding hydrogens is 132 g/mol. The minimum atomic E-state index is 0.903. The van der Waals surface area contributed by atoms with E-state index in [2.05, 4.69) is 16.6 Å². The van der Waals surface area contributed by atoms with Crippen LogP contribution in [0.1, 0.15) is 12.6 Å². The molecule has 1 rings (SSSR count). The summed E-state index contributed by atoms with van der Waals surface area (Å²) in [6, 6.07) is 2.04. The molecule has 0 aromatic carbocycles. The lowest BCUT2D eigenvalue weighted by Crippen LogP contribution is -2.11. The van der Waals surface area contributed by atoms with Crippen molar-refractivity contribution in [2.75, 3.05) is 6.54 Å². The topological polar surface area (TPSA) is 24.9 Å². The quantitative estimate of drug-likeness (QED) is 0.687. The molecule has 0 unspecified atom stereocenters. The predicted octanol–water partition coefficient (Wildman–Crippen LogP) is 1.25. The summed E-state index contributed by atoms with van der Waals surface area (Å²) < 4.78 is 4.13. The molecular formula is C6H10N2S. The van der Waals surface area contributed by atoms with Gasteiger partial charge in [0.2, 0.25) is 0 Å². The van der Waals surface area contributed by atoms with E-state index in [0.717, 1.165) is 18.8 Å². The van der Waals surface area contributed by atoms with Gasteiger partial charge in [0.15, 0.2) is 0 Å². The molecule has 0 amide bonds. The molecule has 0 aliphatic carbocycles. The van der Waals surface area contributed by atoms with Gasteiger partial charge in [-0.25, -0.2) is 0 Å². The van der Waals surface area contributed by atoms with E-state index in [4.69, 9.17) is 0 Å². The van der Waals surface area contributed by atoms with Crippen LogP contribution in [-0.2, 0) is 6.54 Å². The fourth-order valence-corrected chi connectivity index (χ4v) is 1.12. The summed E-state index contributed by atoms with van der Waals surface area (Å²) in [6.07, 6.45) is 0. The van der Waals surface area contributed by atoms with E-state index in [1.165, 1.54) is 11.5 Å². The second-order valence-electron chi connectivity index (χ2n) is 1.77. The van der Waals surface area contributed by atoms with Crippen LogP contribution in [0.4, 0.5) is 0 Å². The third-order valence-corrected chi connectivity index (χ3v) is 1.65. The Bertz CT molecular complexity index is 148. The first-order chi connectivity index (χ1) is 4.43. The maximum absolute atomic E-state index is 4.13. The van der Waals surface area contributed by atoms with Crippen LogP contribution in [0.25, 0.3) is 0 Å². The van der Waals surface area contributed by atoms with E-state index >= 15 is 0 Å². The van der Waals surface area contributed by atoms with E-state index < -0.39 is 0 Å². The van der Waals surface area contributed by atoms with Gasteiger partial charge in [-0.15, -0.1) is 0 Å². The molecule has 0 aliphatic rings. The van der Waals surface area contributed by atoms with Gasteiger partial charge in [0.25, 0.3) is 0 Å². The number of nitrogens with zero attached hydrogens (tertiary/aromatic N) is 1. The highest BCUT2D eigenvalue weighted by atomic mass is 32.1. The van der Waals surface area contributed by atoms with E-state index in [1.807, 2.05) is 11.4 Å². The second-order valence-corrected chi connectivity index (χ2v) is 2.44. The molecule has 1 aromatic heterocycles. The highest BCUT2D eigenvalue weighted by Gasteiger charge is 1.89. The normalized spacial score (nSPS) is 9.89. The van der Waals surface area contributed by atoms with Gasteiger partial charge < -0.3 is 5.32 Å². The summed E-state index contributed by atoms with van der Waals surface area (Å²) in [6.45, 7) is 4.00. The van der Waals surface area contributed by atoms with E-state index in [1.54, 1.807) is 0 Å². The molecule has 3 heteroatoms. The largest absolute Gasteiger partial charge is 0.311 e.